The Bertz CT molecular complexity index is 795. The smallest absolute Gasteiger partial charge is 0.171 e. The van der Waals surface area contributed by atoms with Crippen LogP contribution < -0.4 is 15.5 Å². The number of anilines is 2. The van der Waals surface area contributed by atoms with Crippen molar-refractivity contribution in [3.63, 3.8) is 0 Å². The van der Waals surface area contributed by atoms with Crippen LogP contribution in [0.5, 0.6) is 0 Å². The molecule has 2 N–H and O–H groups in total. The van der Waals surface area contributed by atoms with Crippen molar-refractivity contribution in [1.29, 1.82) is 0 Å². The van der Waals surface area contributed by atoms with Crippen LogP contribution in [-0.4, -0.2) is 18.2 Å². The molecular formula is C21H25F2N3S. The number of hydrogen-bond acceptors (Lipinski definition) is 2. The van der Waals surface area contributed by atoms with Crippen molar-refractivity contribution in [2.24, 2.45) is 5.92 Å². The van der Waals surface area contributed by atoms with E-state index in [2.05, 4.69) is 46.7 Å². The molecule has 1 fully saturated rings. The zero-order chi connectivity index (χ0) is 19.4. The van der Waals surface area contributed by atoms with E-state index < -0.39 is 11.6 Å². The van der Waals surface area contributed by atoms with Gasteiger partial charge in [-0.05, 0) is 67.7 Å². The molecule has 1 aliphatic rings. The van der Waals surface area contributed by atoms with Crippen LogP contribution >= 0.6 is 12.2 Å². The fourth-order valence-corrected chi connectivity index (χ4v) is 3.71. The third-order valence-electron chi connectivity index (χ3n) is 4.94. The number of halogens is 2. The predicted molar refractivity (Wildman–Crippen MR) is 111 cm³/mol. The van der Waals surface area contributed by atoms with Gasteiger partial charge in [0, 0.05) is 24.8 Å². The third kappa shape index (κ3) is 5.16. The molecule has 1 heterocycles. The van der Waals surface area contributed by atoms with E-state index in [0.717, 1.165) is 30.6 Å². The van der Waals surface area contributed by atoms with Gasteiger partial charge < -0.3 is 15.5 Å². The Morgan fingerprint density at radius 1 is 1.19 bits per heavy atom. The first kappa shape index (κ1) is 19.5. The molecule has 3 nitrogen and oxygen atoms in total. The lowest BCUT2D eigenvalue weighted by molar-refractivity contribution is 0.447. The molecule has 0 amide bonds. The molecule has 0 bridgehead atoms. The van der Waals surface area contributed by atoms with Crippen LogP contribution in [0.3, 0.4) is 0 Å². The van der Waals surface area contributed by atoms with Gasteiger partial charge in [-0.15, -0.1) is 0 Å². The Morgan fingerprint density at radius 2 is 1.93 bits per heavy atom. The summed E-state index contributed by atoms with van der Waals surface area (Å²) in [6, 6.07) is 11.8. The molecule has 1 aliphatic heterocycles. The minimum absolute atomic E-state index is 0.0390. The summed E-state index contributed by atoms with van der Waals surface area (Å²) in [5.74, 6) is -0.560. The second-order valence-corrected chi connectivity index (χ2v) is 7.64. The van der Waals surface area contributed by atoms with Crippen LogP contribution in [-0.2, 0) is 0 Å². The lowest BCUT2D eigenvalue weighted by Crippen LogP contribution is -2.34. The van der Waals surface area contributed by atoms with E-state index in [1.54, 1.807) is 0 Å². The van der Waals surface area contributed by atoms with Gasteiger partial charge in [-0.3, -0.25) is 0 Å². The minimum Gasteiger partial charge on any atom is -0.371 e. The molecule has 0 radical (unpaired) electrons. The van der Waals surface area contributed by atoms with Crippen molar-refractivity contribution in [2.45, 2.75) is 32.7 Å². The summed E-state index contributed by atoms with van der Waals surface area (Å²) in [7, 11) is 0. The van der Waals surface area contributed by atoms with Gasteiger partial charge in [-0.25, -0.2) is 8.78 Å². The van der Waals surface area contributed by atoms with E-state index in [0.29, 0.717) is 5.11 Å². The Morgan fingerprint density at radius 3 is 2.59 bits per heavy atom. The van der Waals surface area contributed by atoms with E-state index in [4.69, 9.17) is 12.2 Å². The van der Waals surface area contributed by atoms with Crippen molar-refractivity contribution in [3.05, 3.63) is 59.7 Å². The van der Waals surface area contributed by atoms with Crippen molar-refractivity contribution < 1.29 is 8.78 Å². The van der Waals surface area contributed by atoms with Gasteiger partial charge >= 0.3 is 0 Å². The number of thiocarbonyl (C=S) groups is 1. The molecule has 1 saturated heterocycles. The Balaban J connectivity index is 1.58. The van der Waals surface area contributed by atoms with Crippen molar-refractivity contribution in [1.82, 2.24) is 5.32 Å². The van der Waals surface area contributed by atoms with Crippen LogP contribution in [0.15, 0.2) is 42.5 Å². The monoisotopic (exact) mass is 389 g/mol. The number of hydrogen-bond donors (Lipinski definition) is 2. The Labute approximate surface area is 164 Å². The number of rotatable bonds is 4. The van der Waals surface area contributed by atoms with Crippen LogP contribution in [0.1, 0.15) is 38.3 Å². The lowest BCUT2D eigenvalue weighted by Gasteiger charge is -2.33. The van der Waals surface area contributed by atoms with Crippen LogP contribution in [0.25, 0.3) is 0 Å². The van der Waals surface area contributed by atoms with Gasteiger partial charge in [-0.1, -0.05) is 19.1 Å². The molecule has 2 aromatic carbocycles. The zero-order valence-electron chi connectivity index (χ0n) is 15.6. The topological polar surface area (TPSA) is 27.3 Å². The van der Waals surface area contributed by atoms with Gasteiger partial charge in [0.05, 0.1) is 11.7 Å². The number of nitrogens with zero attached hydrogens (tertiary/aromatic N) is 1. The molecule has 0 aliphatic carbocycles. The minimum atomic E-state index is -0.674. The molecule has 3 rings (SSSR count). The molecule has 0 aromatic heterocycles. The summed E-state index contributed by atoms with van der Waals surface area (Å²) >= 11 is 5.26. The highest BCUT2D eigenvalue weighted by atomic mass is 32.1. The first-order valence-electron chi connectivity index (χ1n) is 9.30. The summed E-state index contributed by atoms with van der Waals surface area (Å²) in [4.78, 5) is 2.43. The van der Waals surface area contributed by atoms with E-state index in [1.165, 1.54) is 30.7 Å². The molecular weight excluding hydrogens is 364 g/mol. The molecule has 0 unspecified atom stereocenters. The average Bonchev–Trinajstić information content (AvgIpc) is 2.64. The van der Waals surface area contributed by atoms with Crippen molar-refractivity contribution in [2.75, 3.05) is 23.3 Å². The molecule has 2 atom stereocenters. The van der Waals surface area contributed by atoms with Gasteiger partial charge in [0.15, 0.2) is 5.11 Å². The van der Waals surface area contributed by atoms with E-state index >= 15 is 0 Å². The summed E-state index contributed by atoms with van der Waals surface area (Å²) < 4.78 is 26.7. The van der Waals surface area contributed by atoms with Gasteiger partial charge in [0.2, 0.25) is 0 Å². The maximum atomic E-state index is 13.7. The Hall–Kier alpha value is -2.21. The van der Waals surface area contributed by atoms with Crippen LogP contribution in [0, 0.1) is 17.6 Å². The summed E-state index contributed by atoms with van der Waals surface area (Å²) in [6.07, 6.45) is 2.54. The Kier molecular flexibility index (Phi) is 6.26. The molecule has 0 spiro atoms. The SMILES string of the molecule is C[C@@H]1CCCN(c2ccc([C@@H](C)NC(=S)Nc3ccc(F)cc3F)cc2)C1. The lowest BCUT2D eigenvalue weighted by atomic mass is 9.99. The first-order valence-corrected chi connectivity index (χ1v) is 9.70. The highest BCUT2D eigenvalue weighted by Gasteiger charge is 2.17. The van der Waals surface area contributed by atoms with Crippen molar-refractivity contribution >= 4 is 28.7 Å². The number of benzene rings is 2. The normalized spacial score (nSPS) is 18.1. The van der Waals surface area contributed by atoms with Crippen LogP contribution in [0.4, 0.5) is 20.2 Å². The quantitative estimate of drug-likeness (QED) is 0.699. The van der Waals surface area contributed by atoms with Gasteiger partial charge in [0.25, 0.3) is 0 Å². The zero-order valence-corrected chi connectivity index (χ0v) is 16.5. The van der Waals surface area contributed by atoms with Crippen molar-refractivity contribution in [3.8, 4) is 0 Å². The standard InChI is InChI=1S/C21H25F2N3S/c1-14-4-3-11-26(13-14)18-8-5-16(6-9-18)15(2)24-21(27)25-20-10-7-17(22)12-19(20)23/h5-10,12,14-15H,3-4,11,13H2,1-2H3,(H2,24,25,27)/t14-,15-/m1/s1. The fraction of sp³-hybridized carbons (Fsp3) is 0.381. The molecule has 144 valence electrons. The second-order valence-electron chi connectivity index (χ2n) is 7.23. The molecule has 6 heteroatoms. The van der Waals surface area contributed by atoms with Crippen LogP contribution in [0.2, 0.25) is 0 Å². The predicted octanol–water partition coefficient (Wildman–Crippen LogP) is 5.25. The highest BCUT2D eigenvalue weighted by Crippen LogP contribution is 2.24. The average molecular weight is 390 g/mol. The van der Waals surface area contributed by atoms with E-state index in [1.807, 2.05) is 6.92 Å². The summed E-state index contributed by atoms with van der Waals surface area (Å²) in [6.45, 7) is 6.50. The number of piperidine rings is 1. The highest BCUT2D eigenvalue weighted by molar-refractivity contribution is 7.80. The first-order chi connectivity index (χ1) is 12.9. The molecule has 0 saturated carbocycles. The van der Waals surface area contributed by atoms with E-state index in [-0.39, 0.29) is 11.7 Å². The third-order valence-corrected chi connectivity index (χ3v) is 5.16. The maximum Gasteiger partial charge on any atom is 0.171 e. The summed E-state index contributed by atoms with van der Waals surface area (Å²) in [5, 5.41) is 6.21. The molecule has 2 aromatic rings. The number of nitrogens with one attached hydrogen (secondary N) is 2. The second kappa shape index (κ2) is 8.65. The fourth-order valence-electron chi connectivity index (χ4n) is 3.43. The van der Waals surface area contributed by atoms with Gasteiger partial charge in [0.1, 0.15) is 11.6 Å². The molecule has 27 heavy (non-hydrogen) atoms. The summed E-state index contributed by atoms with van der Waals surface area (Å²) in [5.41, 5.74) is 2.48. The van der Waals surface area contributed by atoms with Gasteiger partial charge in [-0.2, -0.15) is 0 Å². The maximum absolute atomic E-state index is 13.7. The largest absolute Gasteiger partial charge is 0.371 e. The van der Waals surface area contributed by atoms with E-state index in [9.17, 15) is 8.78 Å².